The Morgan fingerprint density at radius 3 is 1.76 bits per heavy atom. The van der Waals surface area contributed by atoms with E-state index in [9.17, 15) is 31.9 Å². The molecule has 1 unspecified atom stereocenters. The molecule has 0 saturated carbocycles. The van der Waals surface area contributed by atoms with Crippen LogP contribution in [0.5, 0.6) is 5.75 Å². The monoisotopic (exact) mass is 541 g/mol. The van der Waals surface area contributed by atoms with E-state index in [4.69, 9.17) is 9.47 Å². The molecule has 214 valence electrons. The number of carbonyl (C=O) groups is 1. The van der Waals surface area contributed by atoms with Crippen molar-refractivity contribution in [2.75, 3.05) is 6.54 Å². The van der Waals surface area contributed by atoms with E-state index in [0.29, 0.717) is 12.8 Å². The zero-order valence-electron chi connectivity index (χ0n) is 22.3. The summed E-state index contributed by atoms with van der Waals surface area (Å²) in [6.45, 7) is 9.16. The SMILES string of the molecule is CCCCCCCCC(CCCNC(=O)Oc1c(F)c(F)c(F)c(F)c1F)C(O)(OC(C)C)OC(C)C. The molecule has 1 atom stereocenters. The Morgan fingerprint density at radius 2 is 1.24 bits per heavy atom. The second kappa shape index (κ2) is 16.1. The van der Waals surface area contributed by atoms with Gasteiger partial charge in [-0.2, -0.15) is 8.78 Å². The van der Waals surface area contributed by atoms with Crippen molar-refractivity contribution in [1.82, 2.24) is 5.32 Å². The summed E-state index contributed by atoms with van der Waals surface area (Å²) in [5.74, 6) is -15.3. The van der Waals surface area contributed by atoms with Gasteiger partial charge in [-0.15, -0.1) is 0 Å². The highest BCUT2D eigenvalue weighted by Gasteiger charge is 2.40. The fourth-order valence-corrected chi connectivity index (χ4v) is 3.92. The van der Waals surface area contributed by atoms with Gasteiger partial charge in [-0.1, -0.05) is 45.4 Å². The number of amides is 1. The van der Waals surface area contributed by atoms with Gasteiger partial charge in [0.2, 0.25) is 34.8 Å². The Bertz CT molecular complexity index is 814. The number of ether oxygens (including phenoxy) is 3. The summed E-state index contributed by atoms with van der Waals surface area (Å²) in [6, 6.07) is 0. The molecule has 1 aromatic rings. The summed E-state index contributed by atoms with van der Waals surface area (Å²) < 4.78 is 83.1. The molecule has 0 aliphatic heterocycles. The number of hydrogen-bond donors (Lipinski definition) is 2. The summed E-state index contributed by atoms with van der Waals surface area (Å²) in [7, 11) is 0. The van der Waals surface area contributed by atoms with Crippen molar-refractivity contribution in [2.45, 2.75) is 111 Å². The lowest BCUT2D eigenvalue weighted by Gasteiger charge is -2.38. The Kier molecular flexibility index (Phi) is 14.4. The molecule has 0 aliphatic carbocycles. The molecule has 0 bridgehead atoms. The number of nitrogens with one attached hydrogen (secondary N) is 1. The minimum atomic E-state index is -2.35. The van der Waals surface area contributed by atoms with Gasteiger partial charge in [0.05, 0.1) is 12.2 Å². The van der Waals surface area contributed by atoms with Gasteiger partial charge in [-0.3, -0.25) is 0 Å². The van der Waals surface area contributed by atoms with Crippen molar-refractivity contribution in [3.05, 3.63) is 29.1 Å². The van der Waals surface area contributed by atoms with Gasteiger partial charge in [-0.25, -0.2) is 18.0 Å². The van der Waals surface area contributed by atoms with Gasteiger partial charge in [0.15, 0.2) is 0 Å². The predicted octanol–water partition coefficient (Wildman–Crippen LogP) is 7.11. The standard InChI is InChI=1S/C26H40F5NO5/c1-6-7-8-9-10-11-13-18(26(34,36-16(2)3)37-17(4)5)14-12-15-32-25(33)35-24-22(30)20(28)19(27)21(29)23(24)31/h16-18,34H,6-15H2,1-5H3,(H,32,33). The predicted molar refractivity (Wildman–Crippen MR) is 128 cm³/mol. The first-order valence-corrected chi connectivity index (χ1v) is 12.9. The topological polar surface area (TPSA) is 77.0 Å². The molecule has 0 radical (unpaired) electrons. The van der Waals surface area contributed by atoms with Crippen molar-refractivity contribution >= 4 is 6.09 Å². The molecule has 1 amide bonds. The number of benzene rings is 1. The summed E-state index contributed by atoms with van der Waals surface area (Å²) >= 11 is 0. The molecule has 0 aliphatic rings. The van der Waals surface area contributed by atoms with Crippen LogP contribution in [0.25, 0.3) is 0 Å². The molecule has 0 fully saturated rings. The Morgan fingerprint density at radius 1 is 0.784 bits per heavy atom. The van der Waals surface area contributed by atoms with Gasteiger partial charge in [-0.05, 0) is 47.0 Å². The van der Waals surface area contributed by atoms with E-state index < -0.39 is 52.8 Å². The molecule has 11 heteroatoms. The zero-order valence-corrected chi connectivity index (χ0v) is 22.3. The maximum atomic E-state index is 13.7. The van der Waals surface area contributed by atoms with Crippen LogP contribution in [0, 0.1) is 35.0 Å². The van der Waals surface area contributed by atoms with Gasteiger partial charge < -0.3 is 24.6 Å². The summed E-state index contributed by atoms with van der Waals surface area (Å²) in [6.07, 6.45) is 5.49. The summed E-state index contributed by atoms with van der Waals surface area (Å²) in [4.78, 5) is 12.0. The van der Waals surface area contributed by atoms with Crippen LogP contribution in [0.2, 0.25) is 0 Å². The van der Waals surface area contributed by atoms with E-state index in [2.05, 4.69) is 17.0 Å². The lowest BCUT2D eigenvalue weighted by Crippen LogP contribution is -2.47. The molecular formula is C26H40F5NO5. The van der Waals surface area contributed by atoms with Gasteiger partial charge in [0.25, 0.3) is 5.97 Å². The van der Waals surface area contributed by atoms with Crippen molar-refractivity contribution in [1.29, 1.82) is 0 Å². The fraction of sp³-hybridized carbons (Fsp3) is 0.731. The van der Waals surface area contributed by atoms with Gasteiger partial charge in [0, 0.05) is 12.5 Å². The molecular weight excluding hydrogens is 501 g/mol. The number of unbranched alkanes of at least 4 members (excludes halogenated alkanes) is 5. The summed E-state index contributed by atoms with van der Waals surface area (Å²) in [5, 5.41) is 13.5. The van der Waals surface area contributed by atoms with E-state index in [1.54, 1.807) is 27.7 Å². The Balaban J connectivity index is 2.78. The van der Waals surface area contributed by atoms with Crippen LogP contribution in [-0.4, -0.2) is 35.9 Å². The maximum Gasteiger partial charge on any atom is 0.412 e. The second-order valence-corrected chi connectivity index (χ2v) is 9.57. The number of hydrogen-bond acceptors (Lipinski definition) is 5. The fourth-order valence-electron chi connectivity index (χ4n) is 3.92. The highest BCUT2D eigenvalue weighted by Crippen LogP contribution is 2.33. The van der Waals surface area contributed by atoms with Crippen molar-refractivity contribution < 1.29 is 46.1 Å². The molecule has 1 rings (SSSR count). The average molecular weight is 542 g/mol. The van der Waals surface area contributed by atoms with Crippen LogP contribution >= 0.6 is 0 Å². The minimum absolute atomic E-state index is 0.0549. The second-order valence-electron chi connectivity index (χ2n) is 9.57. The van der Waals surface area contributed by atoms with Crippen LogP contribution in [0.3, 0.4) is 0 Å². The zero-order chi connectivity index (χ0) is 28.2. The van der Waals surface area contributed by atoms with Crippen LogP contribution in [0.15, 0.2) is 0 Å². The van der Waals surface area contributed by atoms with E-state index in [-0.39, 0.29) is 25.2 Å². The first-order valence-electron chi connectivity index (χ1n) is 12.9. The number of rotatable bonds is 17. The van der Waals surface area contributed by atoms with Crippen LogP contribution in [-0.2, 0) is 9.47 Å². The third-order valence-electron chi connectivity index (χ3n) is 5.59. The van der Waals surface area contributed by atoms with E-state index in [1.165, 1.54) is 0 Å². The smallest absolute Gasteiger partial charge is 0.404 e. The molecule has 0 spiro atoms. The molecule has 2 N–H and O–H groups in total. The third kappa shape index (κ3) is 10.7. The minimum Gasteiger partial charge on any atom is -0.404 e. The Labute approximate surface area is 215 Å². The first kappa shape index (κ1) is 33.0. The largest absolute Gasteiger partial charge is 0.412 e. The Hall–Kier alpha value is -1.98. The third-order valence-corrected chi connectivity index (χ3v) is 5.59. The maximum absolute atomic E-state index is 13.7. The highest BCUT2D eigenvalue weighted by molar-refractivity contribution is 5.70. The van der Waals surface area contributed by atoms with Crippen LogP contribution < -0.4 is 10.1 Å². The van der Waals surface area contributed by atoms with Crippen molar-refractivity contribution in [2.24, 2.45) is 5.92 Å². The van der Waals surface area contributed by atoms with Crippen LogP contribution in [0.4, 0.5) is 26.7 Å². The van der Waals surface area contributed by atoms with Crippen LogP contribution in [0.1, 0.15) is 92.4 Å². The molecule has 6 nitrogen and oxygen atoms in total. The van der Waals surface area contributed by atoms with Crippen molar-refractivity contribution in [3.63, 3.8) is 0 Å². The lowest BCUT2D eigenvalue weighted by molar-refractivity contribution is -0.407. The normalized spacial score (nSPS) is 12.9. The number of halogens is 5. The molecule has 0 saturated heterocycles. The first-order chi connectivity index (χ1) is 17.3. The molecule has 37 heavy (non-hydrogen) atoms. The average Bonchev–Trinajstić information content (AvgIpc) is 2.81. The quantitative estimate of drug-likeness (QED) is 0.0722. The molecule has 1 aromatic carbocycles. The molecule has 0 heterocycles. The van der Waals surface area contributed by atoms with E-state index in [1.807, 2.05) is 0 Å². The lowest BCUT2D eigenvalue weighted by atomic mass is 9.92. The van der Waals surface area contributed by atoms with Gasteiger partial charge >= 0.3 is 6.09 Å². The van der Waals surface area contributed by atoms with Gasteiger partial charge in [0.1, 0.15) is 0 Å². The molecule has 0 aromatic heterocycles. The van der Waals surface area contributed by atoms with E-state index >= 15 is 0 Å². The summed E-state index contributed by atoms with van der Waals surface area (Å²) in [5.41, 5.74) is 0. The number of aliphatic hydroxyl groups is 1. The van der Waals surface area contributed by atoms with E-state index in [0.717, 1.165) is 38.5 Å². The highest BCUT2D eigenvalue weighted by atomic mass is 19.2. The number of carbonyl (C=O) groups excluding carboxylic acids is 1. The van der Waals surface area contributed by atoms with Crippen molar-refractivity contribution in [3.8, 4) is 5.75 Å².